The molecule has 0 radical (unpaired) electrons. The molecule has 2 amide bonds. The molecule has 2 aromatic rings. The number of ether oxygens (including phenoxy) is 1. The summed E-state index contributed by atoms with van der Waals surface area (Å²) >= 11 is 0. The SMILES string of the molecule is O=C(CN1C(=O)c2ccccc2C1=O)OCc1ccccn1. The summed E-state index contributed by atoms with van der Waals surface area (Å²) < 4.78 is 5.04. The monoisotopic (exact) mass is 296 g/mol. The third kappa shape index (κ3) is 2.58. The first-order valence-electron chi connectivity index (χ1n) is 6.67. The number of aromatic nitrogens is 1. The molecule has 1 aromatic carbocycles. The van der Waals surface area contributed by atoms with Crippen LogP contribution in [0.15, 0.2) is 48.7 Å². The molecular formula is C16H12N2O4. The van der Waals surface area contributed by atoms with Gasteiger partial charge in [-0.15, -0.1) is 0 Å². The number of hydrogen-bond acceptors (Lipinski definition) is 5. The number of carbonyl (C=O) groups is 3. The molecule has 6 nitrogen and oxygen atoms in total. The molecule has 0 atom stereocenters. The summed E-state index contributed by atoms with van der Waals surface area (Å²) in [6.07, 6.45) is 1.59. The fraction of sp³-hybridized carbons (Fsp3) is 0.125. The van der Waals surface area contributed by atoms with Gasteiger partial charge in [-0.2, -0.15) is 0 Å². The van der Waals surface area contributed by atoms with Crippen LogP contribution < -0.4 is 0 Å². The van der Waals surface area contributed by atoms with Crippen LogP contribution in [-0.4, -0.2) is 34.2 Å². The average Bonchev–Trinajstić information content (AvgIpc) is 2.79. The van der Waals surface area contributed by atoms with Crippen molar-refractivity contribution < 1.29 is 19.1 Å². The second kappa shape index (κ2) is 5.77. The minimum Gasteiger partial charge on any atom is -0.458 e. The van der Waals surface area contributed by atoms with Gasteiger partial charge in [-0.1, -0.05) is 18.2 Å². The Bertz CT molecular complexity index is 708. The highest BCUT2D eigenvalue weighted by Crippen LogP contribution is 2.22. The highest BCUT2D eigenvalue weighted by atomic mass is 16.5. The Morgan fingerprint density at radius 2 is 1.64 bits per heavy atom. The zero-order chi connectivity index (χ0) is 15.5. The topological polar surface area (TPSA) is 76.6 Å². The van der Waals surface area contributed by atoms with Gasteiger partial charge in [-0.05, 0) is 24.3 Å². The maximum Gasteiger partial charge on any atom is 0.326 e. The van der Waals surface area contributed by atoms with E-state index < -0.39 is 24.3 Å². The highest BCUT2D eigenvalue weighted by molar-refractivity contribution is 6.22. The Morgan fingerprint density at radius 1 is 1.00 bits per heavy atom. The standard InChI is InChI=1S/C16H12N2O4/c19-14(22-10-11-5-3-4-8-17-11)9-18-15(20)12-6-1-2-7-13(12)16(18)21/h1-8H,9-10H2. The van der Waals surface area contributed by atoms with Crippen molar-refractivity contribution in [3.05, 3.63) is 65.5 Å². The van der Waals surface area contributed by atoms with Crippen LogP contribution in [0.4, 0.5) is 0 Å². The fourth-order valence-corrected chi connectivity index (χ4v) is 2.20. The van der Waals surface area contributed by atoms with Crippen molar-refractivity contribution in [3.63, 3.8) is 0 Å². The van der Waals surface area contributed by atoms with E-state index in [0.717, 1.165) is 4.90 Å². The summed E-state index contributed by atoms with van der Waals surface area (Å²) in [7, 11) is 0. The largest absolute Gasteiger partial charge is 0.458 e. The summed E-state index contributed by atoms with van der Waals surface area (Å²) in [5.41, 5.74) is 1.22. The fourth-order valence-electron chi connectivity index (χ4n) is 2.20. The van der Waals surface area contributed by atoms with Crippen molar-refractivity contribution in [1.82, 2.24) is 9.88 Å². The van der Waals surface area contributed by atoms with Crippen LogP contribution in [0.5, 0.6) is 0 Å². The predicted molar refractivity (Wildman–Crippen MR) is 75.8 cm³/mol. The minimum absolute atomic E-state index is 0.00282. The third-order valence-corrected chi connectivity index (χ3v) is 3.27. The lowest BCUT2D eigenvalue weighted by Gasteiger charge is -2.12. The molecule has 3 rings (SSSR count). The summed E-state index contributed by atoms with van der Waals surface area (Å²) in [6.45, 7) is -0.401. The predicted octanol–water partition coefficient (Wildman–Crippen LogP) is 1.42. The number of carbonyl (C=O) groups excluding carboxylic acids is 3. The van der Waals surface area contributed by atoms with Gasteiger partial charge in [0.2, 0.25) is 0 Å². The number of amides is 2. The van der Waals surface area contributed by atoms with Gasteiger partial charge in [0.25, 0.3) is 11.8 Å². The minimum atomic E-state index is -0.653. The zero-order valence-corrected chi connectivity index (χ0v) is 11.6. The number of hydrogen-bond donors (Lipinski definition) is 0. The molecule has 0 unspecified atom stereocenters. The quantitative estimate of drug-likeness (QED) is 0.630. The molecule has 6 heteroatoms. The molecule has 0 N–H and O–H groups in total. The molecular weight excluding hydrogens is 284 g/mol. The van der Waals surface area contributed by atoms with E-state index >= 15 is 0 Å². The smallest absolute Gasteiger partial charge is 0.326 e. The van der Waals surface area contributed by atoms with Crippen LogP contribution >= 0.6 is 0 Å². The second-order valence-corrected chi connectivity index (χ2v) is 4.72. The van der Waals surface area contributed by atoms with Crippen molar-refractivity contribution in [2.45, 2.75) is 6.61 Å². The maximum absolute atomic E-state index is 12.1. The average molecular weight is 296 g/mol. The van der Waals surface area contributed by atoms with Gasteiger partial charge in [-0.3, -0.25) is 24.3 Å². The number of nitrogens with zero attached hydrogens (tertiary/aromatic N) is 2. The number of benzene rings is 1. The molecule has 1 aromatic heterocycles. The van der Waals surface area contributed by atoms with Crippen molar-refractivity contribution in [1.29, 1.82) is 0 Å². The van der Waals surface area contributed by atoms with Gasteiger partial charge in [-0.25, -0.2) is 0 Å². The normalized spacial score (nSPS) is 13.2. The second-order valence-electron chi connectivity index (χ2n) is 4.72. The molecule has 0 aliphatic carbocycles. The van der Waals surface area contributed by atoms with E-state index in [9.17, 15) is 14.4 Å². The molecule has 110 valence electrons. The Labute approximate surface area is 126 Å². The van der Waals surface area contributed by atoms with Crippen LogP contribution in [0.2, 0.25) is 0 Å². The first-order chi connectivity index (χ1) is 10.7. The molecule has 0 saturated carbocycles. The Kier molecular flexibility index (Phi) is 3.65. The molecule has 0 saturated heterocycles. The summed E-state index contributed by atoms with van der Waals surface area (Å²) in [4.78, 5) is 40.9. The summed E-state index contributed by atoms with van der Waals surface area (Å²) in [5.74, 6) is -1.61. The van der Waals surface area contributed by atoms with Gasteiger partial charge < -0.3 is 4.74 Å². The van der Waals surface area contributed by atoms with Gasteiger partial charge in [0.15, 0.2) is 0 Å². The first-order valence-corrected chi connectivity index (χ1v) is 6.67. The molecule has 2 heterocycles. The van der Waals surface area contributed by atoms with Gasteiger partial charge in [0.05, 0.1) is 16.8 Å². The van der Waals surface area contributed by atoms with Crippen LogP contribution in [0.1, 0.15) is 26.4 Å². The lowest BCUT2D eigenvalue weighted by atomic mass is 10.1. The molecule has 1 aliphatic rings. The molecule has 0 fully saturated rings. The van der Waals surface area contributed by atoms with E-state index in [2.05, 4.69) is 4.98 Å². The number of rotatable bonds is 4. The van der Waals surface area contributed by atoms with Crippen molar-refractivity contribution >= 4 is 17.8 Å². The van der Waals surface area contributed by atoms with Gasteiger partial charge >= 0.3 is 5.97 Å². The Morgan fingerprint density at radius 3 is 2.23 bits per heavy atom. The number of imide groups is 1. The van der Waals surface area contributed by atoms with Crippen LogP contribution in [0.25, 0.3) is 0 Å². The Hall–Kier alpha value is -3.02. The van der Waals surface area contributed by atoms with Crippen molar-refractivity contribution in [3.8, 4) is 0 Å². The van der Waals surface area contributed by atoms with Crippen LogP contribution in [-0.2, 0) is 16.1 Å². The van der Waals surface area contributed by atoms with E-state index in [-0.39, 0.29) is 6.61 Å². The number of esters is 1. The number of fused-ring (bicyclic) bond motifs is 1. The molecule has 22 heavy (non-hydrogen) atoms. The van der Waals surface area contributed by atoms with Gasteiger partial charge in [0, 0.05) is 6.20 Å². The van der Waals surface area contributed by atoms with Gasteiger partial charge in [0.1, 0.15) is 13.2 Å². The third-order valence-electron chi connectivity index (χ3n) is 3.27. The van der Waals surface area contributed by atoms with E-state index in [1.807, 2.05) is 0 Å². The van der Waals surface area contributed by atoms with E-state index in [1.54, 1.807) is 48.7 Å². The highest BCUT2D eigenvalue weighted by Gasteiger charge is 2.36. The summed E-state index contributed by atoms with van der Waals surface area (Å²) in [5, 5.41) is 0. The summed E-state index contributed by atoms with van der Waals surface area (Å²) in [6, 6.07) is 11.7. The number of pyridine rings is 1. The van der Waals surface area contributed by atoms with E-state index in [4.69, 9.17) is 4.74 Å². The molecule has 0 spiro atoms. The lowest BCUT2D eigenvalue weighted by molar-refractivity contribution is -0.145. The lowest BCUT2D eigenvalue weighted by Crippen LogP contribution is -2.35. The zero-order valence-electron chi connectivity index (χ0n) is 11.6. The Balaban J connectivity index is 1.63. The van der Waals surface area contributed by atoms with E-state index in [0.29, 0.717) is 16.8 Å². The van der Waals surface area contributed by atoms with Crippen LogP contribution in [0.3, 0.4) is 0 Å². The molecule has 0 bridgehead atoms. The maximum atomic E-state index is 12.1. The molecule has 1 aliphatic heterocycles. The van der Waals surface area contributed by atoms with Crippen molar-refractivity contribution in [2.24, 2.45) is 0 Å². The van der Waals surface area contributed by atoms with Crippen LogP contribution in [0, 0.1) is 0 Å². The van der Waals surface area contributed by atoms with E-state index in [1.165, 1.54) is 0 Å². The van der Waals surface area contributed by atoms with Crippen molar-refractivity contribution in [2.75, 3.05) is 6.54 Å². The first kappa shape index (κ1) is 13.9.